The Balaban J connectivity index is 1.91. The molecule has 0 aliphatic heterocycles. The van der Waals surface area contributed by atoms with Gasteiger partial charge in [-0.15, -0.1) is 6.58 Å². The number of aryl methyl sites for hydroxylation is 3. The van der Waals surface area contributed by atoms with Gasteiger partial charge in [0.2, 0.25) is 0 Å². The minimum atomic E-state index is -0.958. The number of anilines is 1. The third kappa shape index (κ3) is 6.57. The second-order valence-corrected chi connectivity index (χ2v) is 11.5. The van der Waals surface area contributed by atoms with Crippen molar-refractivity contribution >= 4 is 17.4 Å². The lowest BCUT2D eigenvalue weighted by Gasteiger charge is -2.32. The van der Waals surface area contributed by atoms with Gasteiger partial charge < -0.3 is 14.4 Å². The normalized spacial score (nSPS) is 12.5. The van der Waals surface area contributed by atoms with E-state index in [4.69, 9.17) is 24.7 Å². The maximum absolute atomic E-state index is 13.2. The van der Waals surface area contributed by atoms with Gasteiger partial charge >= 0.3 is 5.97 Å². The number of hydrogen-bond donors (Lipinski definition) is 0. The van der Waals surface area contributed by atoms with Crippen LogP contribution in [0.1, 0.15) is 76.2 Å². The first-order valence-corrected chi connectivity index (χ1v) is 14.7. The van der Waals surface area contributed by atoms with E-state index < -0.39 is 17.7 Å². The summed E-state index contributed by atoms with van der Waals surface area (Å²) in [7, 11) is 1.38. The molecule has 0 aliphatic rings. The minimum absolute atomic E-state index is 0.468. The number of carbonyl (C=O) groups is 1. The first kappa shape index (κ1) is 31.0. The summed E-state index contributed by atoms with van der Waals surface area (Å²) in [6, 6.07) is 12.3. The van der Waals surface area contributed by atoms with Gasteiger partial charge in [0.15, 0.2) is 11.8 Å². The van der Waals surface area contributed by atoms with Crippen molar-refractivity contribution in [2.75, 3.05) is 25.1 Å². The number of methoxy groups -OCH3 is 1. The molecule has 4 aromatic rings. The van der Waals surface area contributed by atoms with Crippen LogP contribution in [-0.2, 0) is 20.7 Å². The lowest BCUT2D eigenvalue weighted by atomic mass is 10.1. The fourth-order valence-electron chi connectivity index (χ4n) is 5.24. The molecule has 0 amide bonds. The zero-order valence-corrected chi connectivity index (χ0v) is 26.3. The van der Waals surface area contributed by atoms with Crippen LogP contribution >= 0.6 is 0 Å². The van der Waals surface area contributed by atoms with E-state index in [2.05, 4.69) is 43.5 Å². The topological polar surface area (TPSA) is 86.8 Å². The first-order chi connectivity index (χ1) is 20.0. The predicted octanol–water partition coefficient (Wildman–Crippen LogP) is 6.58. The lowest BCUT2D eigenvalue weighted by Crippen LogP contribution is -2.33. The summed E-state index contributed by atoms with van der Waals surface area (Å²) >= 11 is 0. The molecule has 0 bridgehead atoms. The highest BCUT2D eigenvalue weighted by Crippen LogP contribution is 2.36. The van der Waals surface area contributed by atoms with E-state index in [1.807, 2.05) is 68.1 Å². The van der Waals surface area contributed by atoms with E-state index in [1.54, 1.807) is 0 Å². The highest BCUT2D eigenvalue weighted by atomic mass is 16.6. The quantitative estimate of drug-likeness (QED) is 0.140. The van der Waals surface area contributed by atoms with Gasteiger partial charge in [-0.25, -0.2) is 14.5 Å². The van der Waals surface area contributed by atoms with Gasteiger partial charge in [-0.3, -0.25) is 0 Å². The predicted molar refractivity (Wildman–Crippen MR) is 167 cm³/mol. The van der Waals surface area contributed by atoms with Gasteiger partial charge in [0.1, 0.15) is 5.82 Å². The van der Waals surface area contributed by atoms with Gasteiger partial charge in [-0.1, -0.05) is 25.1 Å². The number of allylic oxidation sites excluding steroid dienone is 1. The molecule has 1 atom stereocenters. The van der Waals surface area contributed by atoms with Crippen molar-refractivity contribution in [3.8, 4) is 16.9 Å². The smallest absolute Gasteiger partial charge is 0.339 e. The molecular weight excluding hydrogens is 528 g/mol. The Morgan fingerprint density at radius 2 is 1.90 bits per heavy atom. The van der Waals surface area contributed by atoms with Crippen molar-refractivity contribution in [2.45, 2.75) is 79.4 Å². The fraction of sp³-hybridized carbons (Fsp3) is 0.455. The summed E-state index contributed by atoms with van der Waals surface area (Å²) in [6.07, 6.45) is 3.63. The van der Waals surface area contributed by atoms with Crippen LogP contribution in [0.2, 0.25) is 0 Å². The molecule has 0 spiro atoms. The van der Waals surface area contributed by atoms with Crippen LogP contribution in [0.5, 0.6) is 0 Å². The molecule has 9 nitrogen and oxygen atoms in total. The largest absolute Gasteiger partial charge is 0.467 e. The Labute approximate surface area is 249 Å². The van der Waals surface area contributed by atoms with Crippen molar-refractivity contribution in [2.24, 2.45) is 0 Å². The molecule has 3 heterocycles. The summed E-state index contributed by atoms with van der Waals surface area (Å²) in [5.41, 5.74) is 6.26. The summed E-state index contributed by atoms with van der Waals surface area (Å²) in [6.45, 7) is 19.3. The van der Waals surface area contributed by atoms with E-state index >= 15 is 0 Å². The molecule has 0 aliphatic carbocycles. The number of rotatable bonds is 12. The third-order valence-corrected chi connectivity index (χ3v) is 7.02. The molecule has 224 valence electrons. The molecule has 42 heavy (non-hydrogen) atoms. The van der Waals surface area contributed by atoms with E-state index in [0.717, 1.165) is 66.5 Å². The SMILES string of the molecule is C=CCCc1cc(C)nn1-c1cccc(-c2cc3nc(C)c([C@H](OC(C)(C)C)C(=O)OC)c(N(CC)CCC)n3n2)c1. The van der Waals surface area contributed by atoms with Crippen molar-refractivity contribution in [1.82, 2.24) is 24.4 Å². The number of fused-ring (bicyclic) bond motifs is 1. The number of benzene rings is 1. The fourth-order valence-corrected chi connectivity index (χ4v) is 5.24. The van der Waals surface area contributed by atoms with Gasteiger partial charge in [0.25, 0.3) is 0 Å². The number of carbonyl (C=O) groups excluding carboxylic acids is 1. The molecule has 0 N–H and O–H groups in total. The van der Waals surface area contributed by atoms with Crippen molar-refractivity contribution in [1.29, 1.82) is 0 Å². The average Bonchev–Trinajstić information content (AvgIpc) is 3.55. The van der Waals surface area contributed by atoms with Crippen LogP contribution in [-0.4, -0.2) is 56.1 Å². The van der Waals surface area contributed by atoms with Crippen LogP contribution in [0.3, 0.4) is 0 Å². The third-order valence-electron chi connectivity index (χ3n) is 7.02. The molecule has 0 fully saturated rings. The van der Waals surface area contributed by atoms with E-state index in [1.165, 1.54) is 7.11 Å². The zero-order valence-electron chi connectivity index (χ0n) is 26.3. The van der Waals surface area contributed by atoms with Crippen LogP contribution in [0.4, 0.5) is 5.82 Å². The summed E-state index contributed by atoms with van der Waals surface area (Å²) in [5.74, 6) is 0.322. The Bertz CT molecular complexity index is 1560. The maximum Gasteiger partial charge on any atom is 0.339 e. The summed E-state index contributed by atoms with van der Waals surface area (Å²) in [5, 5.41) is 9.83. The molecule has 3 aromatic heterocycles. The highest BCUT2D eigenvalue weighted by Gasteiger charge is 2.35. The summed E-state index contributed by atoms with van der Waals surface area (Å²) in [4.78, 5) is 20.3. The van der Waals surface area contributed by atoms with Crippen LogP contribution in [0.15, 0.2) is 49.1 Å². The summed E-state index contributed by atoms with van der Waals surface area (Å²) < 4.78 is 15.4. The van der Waals surface area contributed by atoms with E-state index in [-0.39, 0.29) is 0 Å². The minimum Gasteiger partial charge on any atom is -0.467 e. The van der Waals surface area contributed by atoms with Crippen molar-refractivity contribution in [3.63, 3.8) is 0 Å². The van der Waals surface area contributed by atoms with Crippen LogP contribution in [0, 0.1) is 13.8 Å². The van der Waals surface area contributed by atoms with Crippen molar-refractivity contribution < 1.29 is 14.3 Å². The number of esters is 1. The van der Waals surface area contributed by atoms with Gasteiger partial charge in [0.05, 0.1) is 35.3 Å². The second-order valence-electron chi connectivity index (χ2n) is 11.5. The van der Waals surface area contributed by atoms with Crippen molar-refractivity contribution in [3.05, 3.63) is 71.7 Å². The number of ether oxygens (including phenoxy) is 2. The number of aromatic nitrogens is 5. The molecule has 0 saturated heterocycles. The standard InChI is InChI=1S/C33H44N6O3/c1-10-13-16-25-19-22(4)35-38(25)26-17-14-15-24(20-26)27-21-28-34-23(5)29(30(32(40)41-9)42-33(6,7)8)31(39(28)36-27)37(12-3)18-11-2/h10,14-15,17,19-21,30H,1,11-13,16,18H2,2-9H3/t30-/m0/s1. The molecule has 0 unspecified atom stereocenters. The maximum atomic E-state index is 13.2. The first-order valence-electron chi connectivity index (χ1n) is 14.7. The molecule has 0 radical (unpaired) electrons. The number of hydrogen-bond acceptors (Lipinski definition) is 7. The molecule has 4 rings (SSSR count). The Kier molecular flexibility index (Phi) is 9.51. The lowest BCUT2D eigenvalue weighted by molar-refractivity contribution is -0.164. The highest BCUT2D eigenvalue weighted by molar-refractivity contribution is 5.80. The van der Waals surface area contributed by atoms with Gasteiger partial charge in [-0.05, 0) is 79.0 Å². The Morgan fingerprint density at radius 3 is 2.55 bits per heavy atom. The molecular formula is C33H44N6O3. The van der Waals surface area contributed by atoms with E-state index in [0.29, 0.717) is 16.9 Å². The second kappa shape index (κ2) is 12.9. The van der Waals surface area contributed by atoms with Gasteiger partial charge in [0, 0.05) is 36.1 Å². The Morgan fingerprint density at radius 1 is 1.14 bits per heavy atom. The van der Waals surface area contributed by atoms with Gasteiger partial charge in [-0.2, -0.15) is 14.7 Å². The Hall–Kier alpha value is -3.98. The van der Waals surface area contributed by atoms with Crippen LogP contribution < -0.4 is 4.90 Å². The monoisotopic (exact) mass is 572 g/mol. The zero-order chi connectivity index (χ0) is 30.6. The average molecular weight is 573 g/mol. The molecule has 9 heteroatoms. The van der Waals surface area contributed by atoms with E-state index in [9.17, 15) is 4.79 Å². The number of nitrogens with zero attached hydrogens (tertiary/aromatic N) is 6. The molecule has 0 saturated carbocycles. The molecule has 1 aromatic carbocycles. The van der Waals surface area contributed by atoms with Crippen LogP contribution in [0.25, 0.3) is 22.6 Å².